The predicted molar refractivity (Wildman–Crippen MR) is 97.1 cm³/mol. The average molecular weight is 313 g/mol. The van der Waals surface area contributed by atoms with Crippen LogP contribution in [-0.4, -0.2) is 11.8 Å². The van der Waals surface area contributed by atoms with Crippen molar-refractivity contribution in [1.29, 1.82) is 0 Å². The molecule has 0 aliphatic heterocycles. The Morgan fingerprint density at radius 3 is 2.65 bits per heavy atom. The molecule has 0 bridgehead atoms. The largest absolute Gasteiger partial charge is 0.417 e. The summed E-state index contributed by atoms with van der Waals surface area (Å²) in [6.07, 6.45) is 11.3. The lowest BCUT2D eigenvalue weighted by Crippen LogP contribution is -2.21. The van der Waals surface area contributed by atoms with Crippen LogP contribution in [0.25, 0.3) is 10.9 Å². The van der Waals surface area contributed by atoms with Gasteiger partial charge in [-0.1, -0.05) is 50.5 Å². The topological polar surface area (TPSA) is 31.2 Å². The molecule has 1 aromatic carbocycles. The molecule has 1 heterocycles. The third kappa shape index (κ3) is 4.04. The van der Waals surface area contributed by atoms with Crippen LogP contribution >= 0.6 is 0 Å². The van der Waals surface area contributed by atoms with Gasteiger partial charge in [0.1, 0.15) is 7.11 Å². The van der Waals surface area contributed by atoms with Crippen LogP contribution in [0.4, 0.5) is 0 Å². The summed E-state index contributed by atoms with van der Waals surface area (Å²) < 4.78 is 1.79. The molecule has 0 aliphatic rings. The Morgan fingerprint density at radius 1 is 1.13 bits per heavy atom. The van der Waals surface area contributed by atoms with Crippen LogP contribution in [0.1, 0.15) is 50.3 Å². The zero-order valence-electron chi connectivity index (χ0n) is 14.5. The Bertz CT molecular complexity index is 728. The highest BCUT2D eigenvalue weighted by Crippen LogP contribution is 2.16. The summed E-state index contributed by atoms with van der Waals surface area (Å²) in [5.41, 5.74) is 2.62. The molecule has 124 valence electrons. The number of allylic oxidation sites excluding steroid dienone is 2. The molecule has 0 atom stereocenters. The predicted octanol–water partition coefficient (Wildman–Crippen LogP) is 4.44. The molecule has 3 heteroatoms. The first kappa shape index (κ1) is 17.3. The standard InChI is InChI=1S/C20H27NO2/c1-4-5-6-7-8-9-10-14-18-16(2)20(22)17-13-11-12-15-19(17)21(18)23-3/h9-13,15H,4-8,14H2,1-3H3/b10-9+. The molecule has 2 aromatic rings. The summed E-state index contributed by atoms with van der Waals surface area (Å²) >= 11 is 0. The maximum Gasteiger partial charge on any atom is 0.192 e. The van der Waals surface area contributed by atoms with Crippen molar-refractivity contribution in [1.82, 2.24) is 4.73 Å². The quantitative estimate of drug-likeness (QED) is 0.533. The average Bonchev–Trinajstić information content (AvgIpc) is 2.58. The summed E-state index contributed by atoms with van der Waals surface area (Å²) in [6, 6.07) is 7.60. The molecule has 3 nitrogen and oxygen atoms in total. The highest BCUT2D eigenvalue weighted by atomic mass is 16.6. The van der Waals surface area contributed by atoms with Crippen molar-refractivity contribution in [2.45, 2.75) is 52.4 Å². The number of rotatable bonds is 8. The van der Waals surface area contributed by atoms with Gasteiger partial charge in [0, 0.05) is 17.4 Å². The highest BCUT2D eigenvalue weighted by Gasteiger charge is 2.13. The molecule has 0 amide bonds. The van der Waals surface area contributed by atoms with E-state index in [4.69, 9.17) is 4.84 Å². The van der Waals surface area contributed by atoms with Crippen LogP contribution in [0.15, 0.2) is 41.2 Å². The van der Waals surface area contributed by atoms with Gasteiger partial charge in [0.05, 0.1) is 11.2 Å². The summed E-state index contributed by atoms with van der Waals surface area (Å²) in [5, 5.41) is 0.708. The third-order valence-electron chi connectivity index (χ3n) is 4.27. The van der Waals surface area contributed by atoms with Crippen LogP contribution in [0.2, 0.25) is 0 Å². The Labute approximate surface area is 138 Å². The monoisotopic (exact) mass is 313 g/mol. The second-order valence-corrected chi connectivity index (χ2v) is 5.92. The van der Waals surface area contributed by atoms with Gasteiger partial charge < -0.3 is 4.84 Å². The van der Waals surface area contributed by atoms with E-state index >= 15 is 0 Å². The van der Waals surface area contributed by atoms with Crippen molar-refractivity contribution in [3.63, 3.8) is 0 Å². The lowest BCUT2D eigenvalue weighted by molar-refractivity contribution is 0.169. The number of hydrogen-bond donors (Lipinski definition) is 0. The minimum absolute atomic E-state index is 0.0974. The fourth-order valence-electron chi connectivity index (χ4n) is 2.92. The molecule has 0 aliphatic carbocycles. The van der Waals surface area contributed by atoms with E-state index in [-0.39, 0.29) is 5.43 Å². The van der Waals surface area contributed by atoms with Crippen molar-refractivity contribution >= 4 is 10.9 Å². The minimum atomic E-state index is 0.0974. The van der Waals surface area contributed by atoms with Gasteiger partial charge in [-0.15, -0.1) is 0 Å². The maximum absolute atomic E-state index is 12.5. The molecule has 2 rings (SSSR count). The highest BCUT2D eigenvalue weighted by molar-refractivity contribution is 5.79. The van der Waals surface area contributed by atoms with Gasteiger partial charge in [-0.05, 0) is 31.9 Å². The first-order valence-corrected chi connectivity index (χ1v) is 8.53. The lowest BCUT2D eigenvalue weighted by atomic mass is 10.1. The smallest absolute Gasteiger partial charge is 0.192 e. The normalized spacial score (nSPS) is 11.4. The van der Waals surface area contributed by atoms with Gasteiger partial charge in [-0.2, -0.15) is 4.73 Å². The van der Waals surface area contributed by atoms with E-state index < -0.39 is 0 Å². The molecule has 0 unspecified atom stereocenters. The van der Waals surface area contributed by atoms with Gasteiger partial charge in [-0.3, -0.25) is 4.79 Å². The minimum Gasteiger partial charge on any atom is -0.417 e. The summed E-state index contributed by atoms with van der Waals surface area (Å²) in [6.45, 7) is 4.11. The molecule has 23 heavy (non-hydrogen) atoms. The van der Waals surface area contributed by atoms with E-state index in [9.17, 15) is 4.79 Å². The van der Waals surface area contributed by atoms with Crippen LogP contribution < -0.4 is 10.3 Å². The van der Waals surface area contributed by atoms with E-state index in [1.165, 1.54) is 25.7 Å². The SMILES string of the molecule is CCCCCC/C=C/Cc1c(C)c(=O)c2ccccc2n1OC. The molecule has 1 aromatic heterocycles. The molecule has 0 radical (unpaired) electrons. The summed E-state index contributed by atoms with van der Waals surface area (Å²) in [4.78, 5) is 18.1. The lowest BCUT2D eigenvalue weighted by Gasteiger charge is -2.16. The molecule has 0 saturated carbocycles. The fourth-order valence-corrected chi connectivity index (χ4v) is 2.92. The Hall–Kier alpha value is -2.03. The van der Waals surface area contributed by atoms with E-state index in [0.717, 1.165) is 23.2 Å². The second-order valence-electron chi connectivity index (χ2n) is 5.92. The van der Waals surface area contributed by atoms with Crippen molar-refractivity contribution in [3.05, 3.63) is 57.9 Å². The number of hydrogen-bond acceptors (Lipinski definition) is 2. The van der Waals surface area contributed by atoms with E-state index in [0.29, 0.717) is 11.8 Å². The number of unbranched alkanes of at least 4 members (excludes halogenated alkanes) is 4. The number of benzene rings is 1. The van der Waals surface area contributed by atoms with Crippen molar-refractivity contribution in [2.24, 2.45) is 0 Å². The van der Waals surface area contributed by atoms with Gasteiger partial charge in [0.2, 0.25) is 0 Å². The number of nitrogens with zero attached hydrogens (tertiary/aromatic N) is 1. The molecule has 0 fully saturated rings. The van der Waals surface area contributed by atoms with E-state index in [1.54, 1.807) is 11.8 Å². The van der Waals surface area contributed by atoms with Crippen LogP contribution in [0.5, 0.6) is 0 Å². The number of aromatic nitrogens is 1. The van der Waals surface area contributed by atoms with Crippen LogP contribution in [-0.2, 0) is 6.42 Å². The Morgan fingerprint density at radius 2 is 1.91 bits per heavy atom. The fraction of sp³-hybridized carbons (Fsp3) is 0.450. The number of para-hydroxylation sites is 1. The Balaban J connectivity index is 2.21. The van der Waals surface area contributed by atoms with E-state index in [1.807, 2.05) is 31.2 Å². The first-order chi connectivity index (χ1) is 11.2. The number of pyridine rings is 1. The first-order valence-electron chi connectivity index (χ1n) is 8.53. The van der Waals surface area contributed by atoms with Gasteiger partial charge in [0.15, 0.2) is 5.43 Å². The zero-order valence-corrected chi connectivity index (χ0v) is 14.5. The van der Waals surface area contributed by atoms with Gasteiger partial charge in [-0.25, -0.2) is 0 Å². The number of fused-ring (bicyclic) bond motifs is 1. The van der Waals surface area contributed by atoms with Crippen molar-refractivity contribution in [3.8, 4) is 0 Å². The van der Waals surface area contributed by atoms with Gasteiger partial charge in [0.25, 0.3) is 0 Å². The summed E-state index contributed by atoms with van der Waals surface area (Å²) in [7, 11) is 1.65. The summed E-state index contributed by atoms with van der Waals surface area (Å²) in [5.74, 6) is 0. The van der Waals surface area contributed by atoms with E-state index in [2.05, 4.69) is 19.1 Å². The van der Waals surface area contributed by atoms with Crippen LogP contribution in [0.3, 0.4) is 0 Å². The van der Waals surface area contributed by atoms with Crippen LogP contribution in [0, 0.1) is 6.92 Å². The molecular weight excluding hydrogens is 286 g/mol. The maximum atomic E-state index is 12.5. The Kier molecular flexibility index (Phi) is 6.45. The third-order valence-corrected chi connectivity index (χ3v) is 4.27. The van der Waals surface area contributed by atoms with Crippen molar-refractivity contribution in [2.75, 3.05) is 7.11 Å². The zero-order chi connectivity index (χ0) is 16.7. The van der Waals surface area contributed by atoms with Gasteiger partial charge >= 0.3 is 0 Å². The molecule has 0 N–H and O–H groups in total. The molecular formula is C20H27NO2. The molecule has 0 saturated heterocycles. The van der Waals surface area contributed by atoms with Crippen molar-refractivity contribution < 1.29 is 4.84 Å². The second kappa shape index (κ2) is 8.56. The molecule has 0 spiro atoms.